The number of hydrogen-bond donors (Lipinski definition) is 2. The van der Waals surface area contributed by atoms with Crippen molar-refractivity contribution in [2.75, 3.05) is 33.4 Å². The molecular formula is C15H25NO3. The summed E-state index contributed by atoms with van der Waals surface area (Å²) >= 11 is 0. The van der Waals surface area contributed by atoms with Crippen LogP contribution in [-0.2, 0) is 4.74 Å². The topological polar surface area (TPSA) is 50.7 Å². The fraction of sp³-hybridized carbons (Fsp3) is 0.600. The highest BCUT2D eigenvalue weighted by Crippen LogP contribution is 2.16. The van der Waals surface area contributed by atoms with Gasteiger partial charge in [0.05, 0.1) is 19.8 Å². The van der Waals surface area contributed by atoms with Gasteiger partial charge in [-0.25, -0.2) is 0 Å². The molecule has 4 nitrogen and oxygen atoms in total. The van der Waals surface area contributed by atoms with Crippen LogP contribution in [0, 0.1) is 5.92 Å². The van der Waals surface area contributed by atoms with E-state index in [-0.39, 0.29) is 0 Å². The van der Waals surface area contributed by atoms with Crippen LogP contribution in [0.25, 0.3) is 0 Å². The molecule has 0 amide bonds. The third kappa shape index (κ3) is 6.57. The van der Waals surface area contributed by atoms with E-state index in [9.17, 15) is 5.11 Å². The Labute approximate surface area is 115 Å². The zero-order chi connectivity index (χ0) is 14.1. The summed E-state index contributed by atoms with van der Waals surface area (Å²) in [4.78, 5) is 0. The van der Waals surface area contributed by atoms with Crippen LogP contribution in [0.2, 0.25) is 0 Å². The highest BCUT2D eigenvalue weighted by molar-refractivity contribution is 5.28. The lowest BCUT2D eigenvalue weighted by molar-refractivity contribution is 0.107. The van der Waals surface area contributed by atoms with Crippen molar-refractivity contribution >= 4 is 0 Å². The van der Waals surface area contributed by atoms with Crippen molar-refractivity contribution in [3.05, 3.63) is 29.8 Å². The zero-order valence-corrected chi connectivity index (χ0v) is 12.1. The molecule has 0 heterocycles. The summed E-state index contributed by atoms with van der Waals surface area (Å²) in [7, 11) is 1.63. The first kappa shape index (κ1) is 16.0. The summed E-state index contributed by atoms with van der Waals surface area (Å²) in [5.74, 6) is 1.36. The molecule has 0 fully saturated rings. The lowest BCUT2D eigenvalue weighted by Gasteiger charge is -2.13. The van der Waals surface area contributed by atoms with Gasteiger partial charge in [0, 0.05) is 19.7 Å². The third-order valence-corrected chi connectivity index (χ3v) is 2.71. The molecule has 1 atom stereocenters. The van der Waals surface area contributed by atoms with Crippen LogP contribution >= 0.6 is 0 Å². The molecule has 1 aromatic carbocycles. The molecule has 0 bridgehead atoms. The van der Waals surface area contributed by atoms with Gasteiger partial charge in [-0.15, -0.1) is 0 Å². The van der Waals surface area contributed by atoms with Crippen LogP contribution in [0.4, 0.5) is 0 Å². The minimum Gasteiger partial charge on any atom is -0.497 e. The van der Waals surface area contributed by atoms with Crippen LogP contribution in [0.1, 0.15) is 25.5 Å². The molecule has 1 unspecified atom stereocenters. The van der Waals surface area contributed by atoms with Gasteiger partial charge in [-0.05, 0) is 23.6 Å². The van der Waals surface area contributed by atoms with Crippen LogP contribution in [0.15, 0.2) is 24.3 Å². The quantitative estimate of drug-likeness (QED) is 0.672. The Morgan fingerprint density at radius 3 is 2.47 bits per heavy atom. The van der Waals surface area contributed by atoms with E-state index in [4.69, 9.17) is 9.47 Å². The molecule has 108 valence electrons. The normalized spacial score (nSPS) is 12.7. The maximum atomic E-state index is 9.98. The number of hydrogen-bond acceptors (Lipinski definition) is 4. The molecule has 0 aromatic heterocycles. The van der Waals surface area contributed by atoms with E-state index < -0.39 is 6.10 Å². The van der Waals surface area contributed by atoms with E-state index >= 15 is 0 Å². The first-order valence-electron chi connectivity index (χ1n) is 6.74. The van der Waals surface area contributed by atoms with Crippen LogP contribution in [0.5, 0.6) is 5.75 Å². The van der Waals surface area contributed by atoms with Crippen LogP contribution in [0.3, 0.4) is 0 Å². The van der Waals surface area contributed by atoms with Gasteiger partial charge in [-0.3, -0.25) is 0 Å². The Morgan fingerprint density at radius 1 is 1.21 bits per heavy atom. The predicted molar refractivity (Wildman–Crippen MR) is 76.5 cm³/mol. The largest absolute Gasteiger partial charge is 0.497 e. The summed E-state index contributed by atoms with van der Waals surface area (Å²) in [6, 6.07) is 7.45. The molecule has 1 rings (SSSR count). The maximum Gasteiger partial charge on any atom is 0.118 e. The molecule has 19 heavy (non-hydrogen) atoms. The molecule has 0 saturated carbocycles. The van der Waals surface area contributed by atoms with Crippen molar-refractivity contribution in [2.24, 2.45) is 5.92 Å². The van der Waals surface area contributed by atoms with Gasteiger partial charge in [0.25, 0.3) is 0 Å². The Morgan fingerprint density at radius 2 is 1.89 bits per heavy atom. The molecule has 0 radical (unpaired) electrons. The van der Waals surface area contributed by atoms with Gasteiger partial charge >= 0.3 is 0 Å². The lowest BCUT2D eigenvalue weighted by Crippen LogP contribution is -2.25. The number of ether oxygens (including phenoxy) is 2. The highest BCUT2D eigenvalue weighted by Gasteiger charge is 2.06. The van der Waals surface area contributed by atoms with Gasteiger partial charge in [0.1, 0.15) is 5.75 Å². The van der Waals surface area contributed by atoms with Gasteiger partial charge in [0.2, 0.25) is 0 Å². The average Bonchev–Trinajstić information content (AvgIpc) is 2.42. The summed E-state index contributed by atoms with van der Waals surface area (Å²) in [5, 5.41) is 13.2. The molecule has 1 aromatic rings. The Bertz CT molecular complexity index is 338. The summed E-state index contributed by atoms with van der Waals surface area (Å²) in [6.07, 6.45) is -0.504. The van der Waals surface area contributed by atoms with E-state index in [0.717, 1.165) is 24.5 Å². The van der Waals surface area contributed by atoms with E-state index in [2.05, 4.69) is 19.2 Å². The second kappa shape index (κ2) is 8.91. The van der Waals surface area contributed by atoms with Crippen molar-refractivity contribution < 1.29 is 14.6 Å². The maximum absolute atomic E-state index is 9.98. The average molecular weight is 267 g/mol. The second-order valence-corrected chi connectivity index (χ2v) is 4.96. The fourth-order valence-electron chi connectivity index (χ4n) is 1.65. The number of methoxy groups -OCH3 is 1. The molecule has 4 heteroatoms. The summed E-state index contributed by atoms with van der Waals surface area (Å²) in [6.45, 7) is 6.98. The molecule has 0 saturated heterocycles. The predicted octanol–water partition coefficient (Wildman–Crippen LogP) is 1.99. The number of benzene rings is 1. The number of nitrogens with one attached hydrogen (secondary N) is 1. The zero-order valence-electron chi connectivity index (χ0n) is 12.1. The summed E-state index contributed by atoms with van der Waals surface area (Å²) < 4.78 is 10.5. The van der Waals surface area contributed by atoms with E-state index in [0.29, 0.717) is 19.1 Å². The van der Waals surface area contributed by atoms with Crippen molar-refractivity contribution in [1.29, 1.82) is 0 Å². The van der Waals surface area contributed by atoms with Crippen molar-refractivity contribution in [3.8, 4) is 5.75 Å². The first-order valence-corrected chi connectivity index (χ1v) is 6.74. The number of rotatable bonds is 9. The SMILES string of the molecule is COc1ccc(C(O)CNCCOCC(C)C)cc1. The lowest BCUT2D eigenvalue weighted by atomic mass is 10.1. The van der Waals surface area contributed by atoms with E-state index in [1.54, 1.807) is 7.11 Å². The number of aliphatic hydroxyl groups excluding tert-OH is 1. The minimum absolute atomic E-state index is 0.504. The molecule has 0 aliphatic heterocycles. The highest BCUT2D eigenvalue weighted by atomic mass is 16.5. The Kier molecular flexibility index (Phi) is 7.48. The first-order chi connectivity index (χ1) is 9.13. The monoisotopic (exact) mass is 267 g/mol. The van der Waals surface area contributed by atoms with Crippen molar-refractivity contribution in [3.63, 3.8) is 0 Å². The van der Waals surface area contributed by atoms with Gasteiger partial charge < -0.3 is 19.9 Å². The van der Waals surface area contributed by atoms with Gasteiger partial charge in [-0.2, -0.15) is 0 Å². The Hall–Kier alpha value is -1.10. The second-order valence-electron chi connectivity index (χ2n) is 4.96. The Balaban J connectivity index is 2.17. The van der Waals surface area contributed by atoms with E-state index in [1.807, 2.05) is 24.3 Å². The fourth-order valence-corrected chi connectivity index (χ4v) is 1.65. The molecular weight excluding hydrogens is 242 g/mol. The standard InChI is InChI=1S/C15H25NO3/c1-12(2)11-19-9-8-16-10-15(17)13-4-6-14(18-3)7-5-13/h4-7,12,15-17H,8-11H2,1-3H3. The molecule has 0 aliphatic rings. The molecule has 2 N–H and O–H groups in total. The number of aliphatic hydroxyl groups is 1. The van der Waals surface area contributed by atoms with Gasteiger partial charge in [-0.1, -0.05) is 26.0 Å². The van der Waals surface area contributed by atoms with Crippen molar-refractivity contribution in [2.45, 2.75) is 20.0 Å². The third-order valence-electron chi connectivity index (χ3n) is 2.71. The molecule has 0 spiro atoms. The van der Waals surface area contributed by atoms with Crippen LogP contribution in [-0.4, -0.2) is 38.5 Å². The van der Waals surface area contributed by atoms with E-state index in [1.165, 1.54) is 0 Å². The van der Waals surface area contributed by atoms with Gasteiger partial charge in [0.15, 0.2) is 0 Å². The van der Waals surface area contributed by atoms with Crippen molar-refractivity contribution in [1.82, 2.24) is 5.32 Å². The molecule has 0 aliphatic carbocycles. The summed E-state index contributed by atoms with van der Waals surface area (Å²) in [5.41, 5.74) is 0.886. The van der Waals surface area contributed by atoms with Crippen LogP contribution < -0.4 is 10.1 Å². The smallest absolute Gasteiger partial charge is 0.118 e. The minimum atomic E-state index is -0.504.